The number of aliphatic carboxylic acids is 1. The van der Waals surface area contributed by atoms with E-state index in [1.165, 1.54) is 0 Å². The molecule has 6 nitrogen and oxygen atoms in total. The van der Waals surface area contributed by atoms with Gasteiger partial charge in [0.2, 0.25) is 0 Å². The van der Waals surface area contributed by atoms with Crippen molar-refractivity contribution in [1.29, 1.82) is 0 Å². The molecule has 0 aromatic carbocycles. The molecule has 6 heteroatoms. The van der Waals surface area contributed by atoms with Crippen LogP contribution < -0.4 is 0 Å². The summed E-state index contributed by atoms with van der Waals surface area (Å²) >= 11 is 0. The first kappa shape index (κ1) is 7.80. The summed E-state index contributed by atoms with van der Waals surface area (Å²) in [6, 6.07) is -1.05. The quantitative estimate of drug-likeness (QED) is 0.536. The fourth-order valence-electron chi connectivity index (χ4n) is 0.836. The number of ether oxygens (including phenoxy) is 1. The molecule has 0 radical (unpaired) electrons. The lowest BCUT2D eigenvalue weighted by Crippen LogP contribution is -2.40. The van der Waals surface area contributed by atoms with Crippen molar-refractivity contribution >= 4 is 12.1 Å². The summed E-state index contributed by atoms with van der Waals surface area (Å²) in [5, 5.41) is 16.9. The van der Waals surface area contributed by atoms with Gasteiger partial charge in [0.25, 0.3) is 0 Å². The third-order valence-corrected chi connectivity index (χ3v) is 1.41. The van der Waals surface area contributed by atoms with Gasteiger partial charge in [0.15, 0.2) is 6.04 Å². The SMILES string of the molecule is O=C(O)[C@@H]1COCN1C(=O)O. The number of hydrogen-bond acceptors (Lipinski definition) is 3. The van der Waals surface area contributed by atoms with Crippen LogP contribution in [0.25, 0.3) is 0 Å². The highest BCUT2D eigenvalue weighted by Crippen LogP contribution is 2.08. The second-order valence-corrected chi connectivity index (χ2v) is 2.11. The van der Waals surface area contributed by atoms with Gasteiger partial charge < -0.3 is 14.9 Å². The van der Waals surface area contributed by atoms with Crippen LogP contribution >= 0.6 is 0 Å². The molecule has 0 aromatic heterocycles. The maximum atomic E-state index is 10.3. The molecule has 2 N–H and O–H groups in total. The minimum Gasteiger partial charge on any atom is -0.480 e. The maximum Gasteiger partial charge on any atom is 0.409 e. The summed E-state index contributed by atoms with van der Waals surface area (Å²) in [6.45, 7) is -0.228. The number of amides is 1. The molecule has 0 saturated carbocycles. The molecule has 11 heavy (non-hydrogen) atoms. The number of nitrogens with zero attached hydrogens (tertiary/aromatic N) is 1. The highest BCUT2D eigenvalue weighted by atomic mass is 16.5. The average molecular weight is 161 g/mol. The zero-order valence-corrected chi connectivity index (χ0v) is 5.56. The van der Waals surface area contributed by atoms with Gasteiger partial charge in [-0.3, -0.25) is 4.90 Å². The van der Waals surface area contributed by atoms with Gasteiger partial charge in [-0.25, -0.2) is 9.59 Å². The summed E-state index contributed by atoms with van der Waals surface area (Å²) in [5.41, 5.74) is 0. The van der Waals surface area contributed by atoms with Crippen molar-refractivity contribution in [3.8, 4) is 0 Å². The predicted molar refractivity (Wildman–Crippen MR) is 32.1 cm³/mol. The highest BCUT2D eigenvalue weighted by Gasteiger charge is 2.34. The second kappa shape index (κ2) is 2.75. The van der Waals surface area contributed by atoms with E-state index in [4.69, 9.17) is 10.2 Å². The van der Waals surface area contributed by atoms with Crippen molar-refractivity contribution in [2.75, 3.05) is 13.3 Å². The molecule has 1 fully saturated rings. The molecule has 1 saturated heterocycles. The van der Waals surface area contributed by atoms with Crippen LogP contribution in [0, 0.1) is 0 Å². The first-order valence-corrected chi connectivity index (χ1v) is 2.93. The van der Waals surface area contributed by atoms with Gasteiger partial charge in [-0.05, 0) is 0 Å². The number of hydrogen-bond donors (Lipinski definition) is 2. The Morgan fingerprint density at radius 3 is 2.45 bits per heavy atom. The smallest absolute Gasteiger partial charge is 0.409 e. The number of carboxylic acids is 1. The lowest BCUT2D eigenvalue weighted by molar-refractivity contribution is -0.141. The predicted octanol–water partition coefficient (Wildman–Crippen LogP) is -0.593. The Kier molecular flexibility index (Phi) is 1.95. The van der Waals surface area contributed by atoms with Gasteiger partial charge in [-0.15, -0.1) is 0 Å². The van der Waals surface area contributed by atoms with Crippen LogP contribution in [0.5, 0.6) is 0 Å². The van der Waals surface area contributed by atoms with E-state index in [1.807, 2.05) is 0 Å². The fourth-order valence-corrected chi connectivity index (χ4v) is 0.836. The molecule has 1 heterocycles. The Bertz CT molecular complexity index is 171. The first-order chi connectivity index (χ1) is 5.13. The molecule has 0 bridgehead atoms. The Balaban J connectivity index is 2.65. The standard InChI is InChI=1S/C5H7NO5/c7-4(8)3-1-11-2-6(3)5(9)10/h3H,1-2H2,(H,7,8)(H,9,10)/t3-/m0/s1. The minimum absolute atomic E-state index is 0.0678. The number of rotatable bonds is 1. The minimum atomic E-state index is -1.27. The van der Waals surface area contributed by atoms with Crippen LogP contribution in [-0.2, 0) is 9.53 Å². The molecule has 1 aliphatic rings. The van der Waals surface area contributed by atoms with Gasteiger partial charge in [0.05, 0.1) is 6.61 Å². The highest BCUT2D eigenvalue weighted by molar-refractivity contribution is 5.79. The Labute approximate surface area is 62.0 Å². The van der Waals surface area contributed by atoms with E-state index >= 15 is 0 Å². The van der Waals surface area contributed by atoms with Crippen molar-refractivity contribution in [2.45, 2.75) is 6.04 Å². The van der Waals surface area contributed by atoms with Crippen molar-refractivity contribution < 1.29 is 24.5 Å². The van der Waals surface area contributed by atoms with E-state index in [2.05, 4.69) is 4.74 Å². The van der Waals surface area contributed by atoms with Gasteiger partial charge in [-0.2, -0.15) is 0 Å². The third-order valence-electron chi connectivity index (χ3n) is 1.41. The van der Waals surface area contributed by atoms with Crippen molar-refractivity contribution in [3.63, 3.8) is 0 Å². The molecule has 1 aliphatic heterocycles. The van der Waals surface area contributed by atoms with Gasteiger partial charge in [0.1, 0.15) is 6.73 Å². The average Bonchev–Trinajstić information content (AvgIpc) is 2.32. The Morgan fingerprint density at radius 2 is 2.09 bits per heavy atom. The zero-order valence-electron chi connectivity index (χ0n) is 5.56. The van der Waals surface area contributed by atoms with Gasteiger partial charge in [-0.1, -0.05) is 0 Å². The maximum absolute atomic E-state index is 10.3. The van der Waals surface area contributed by atoms with Crippen molar-refractivity contribution in [2.24, 2.45) is 0 Å². The molecule has 0 unspecified atom stereocenters. The van der Waals surface area contributed by atoms with Crippen LogP contribution in [-0.4, -0.2) is 46.6 Å². The third kappa shape index (κ3) is 1.40. The topological polar surface area (TPSA) is 87.1 Å². The Hall–Kier alpha value is -1.30. The fraction of sp³-hybridized carbons (Fsp3) is 0.600. The lowest BCUT2D eigenvalue weighted by Gasteiger charge is -2.13. The van der Waals surface area contributed by atoms with Crippen LogP contribution in [0.4, 0.5) is 4.79 Å². The van der Waals surface area contributed by atoms with E-state index in [9.17, 15) is 9.59 Å². The molecular weight excluding hydrogens is 154 g/mol. The molecule has 0 spiro atoms. The summed E-state index contributed by atoms with van der Waals surface area (Å²) in [6.07, 6.45) is -1.27. The van der Waals surface area contributed by atoms with Crippen LogP contribution in [0.3, 0.4) is 0 Å². The largest absolute Gasteiger partial charge is 0.480 e. The van der Waals surface area contributed by atoms with E-state index < -0.39 is 18.1 Å². The molecule has 1 rings (SSSR count). The number of carboxylic acid groups (broad SMARTS) is 2. The van der Waals surface area contributed by atoms with E-state index in [0.717, 1.165) is 4.90 Å². The molecule has 1 atom stereocenters. The summed E-state index contributed by atoms with van der Waals surface area (Å²) < 4.78 is 4.66. The molecule has 62 valence electrons. The van der Waals surface area contributed by atoms with Crippen molar-refractivity contribution in [3.05, 3.63) is 0 Å². The van der Waals surface area contributed by atoms with Crippen molar-refractivity contribution in [1.82, 2.24) is 4.90 Å². The lowest BCUT2D eigenvalue weighted by atomic mass is 10.3. The molecule has 0 aliphatic carbocycles. The summed E-state index contributed by atoms with van der Waals surface area (Å²) in [4.78, 5) is 21.4. The monoisotopic (exact) mass is 161 g/mol. The summed E-state index contributed by atoms with van der Waals surface area (Å²) in [5.74, 6) is -1.18. The van der Waals surface area contributed by atoms with Crippen LogP contribution in [0.2, 0.25) is 0 Å². The number of carbonyl (C=O) groups is 2. The second-order valence-electron chi connectivity index (χ2n) is 2.11. The van der Waals surface area contributed by atoms with Gasteiger partial charge >= 0.3 is 12.1 Å². The van der Waals surface area contributed by atoms with E-state index in [0.29, 0.717) is 0 Å². The molecular formula is C5H7NO5. The first-order valence-electron chi connectivity index (χ1n) is 2.93. The van der Waals surface area contributed by atoms with E-state index in [1.54, 1.807) is 0 Å². The van der Waals surface area contributed by atoms with E-state index in [-0.39, 0.29) is 13.3 Å². The Morgan fingerprint density at radius 1 is 1.45 bits per heavy atom. The van der Waals surface area contributed by atoms with Gasteiger partial charge in [0, 0.05) is 0 Å². The van der Waals surface area contributed by atoms with Crippen LogP contribution in [0.1, 0.15) is 0 Å². The zero-order chi connectivity index (χ0) is 8.43. The normalized spacial score (nSPS) is 23.6. The molecule has 1 amide bonds. The van der Waals surface area contributed by atoms with Crippen LogP contribution in [0.15, 0.2) is 0 Å². The summed E-state index contributed by atoms with van der Waals surface area (Å²) in [7, 11) is 0. The molecule has 0 aromatic rings.